The Labute approximate surface area is 86.2 Å². The largest absolute Gasteiger partial charge is 0.378 e. The molecule has 0 bridgehead atoms. The van der Waals surface area contributed by atoms with E-state index in [1.54, 1.807) is 0 Å². The number of hydrogen-bond acceptors (Lipinski definition) is 2. The van der Waals surface area contributed by atoms with Crippen LogP contribution in [-0.2, 0) is 9.53 Å². The molecule has 0 radical (unpaired) electrons. The summed E-state index contributed by atoms with van der Waals surface area (Å²) >= 11 is 0. The number of hydrogen-bond donors (Lipinski definition) is 1. The molecule has 1 atom stereocenters. The SMILES string of the molecule is CC(C)(C)NC(=O)CCC1CCCO1. The molecule has 1 fully saturated rings. The second-order valence-electron chi connectivity index (χ2n) is 4.97. The molecule has 0 saturated carbocycles. The Bertz CT molecular complexity index is 190. The summed E-state index contributed by atoms with van der Waals surface area (Å²) in [6, 6.07) is 0. The van der Waals surface area contributed by atoms with Crippen molar-refractivity contribution in [3.05, 3.63) is 0 Å². The molecule has 1 amide bonds. The smallest absolute Gasteiger partial charge is 0.220 e. The van der Waals surface area contributed by atoms with Crippen LogP contribution in [0.1, 0.15) is 46.5 Å². The van der Waals surface area contributed by atoms with E-state index >= 15 is 0 Å². The minimum atomic E-state index is -0.117. The average Bonchev–Trinajstić information content (AvgIpc) is 2.49. The van der Waals surface area contributed by atoms with Crippen LogP contribution in [0, 0.1) is 0 Å². The lowest BCUT2D eigenvalue weighted by Gasteiger charge is -2.20. The van der Waals surface area contributed by atoms with Gasteiger partial charge >= 0.3 is 0 Å². The van der Waals surface area contributed by atoms with Crippen molar-refractivity contribution in [2.24, 2.45) is 0 Å². The van der Waals surface area contributed by atoms with Crippen molar-refractivity contribution in [1.29, 1.82) is 0 Å². The summed E-state index contributed by atoms with van der Waals surface area (Å²) in [4.78, 5) is 11.4. The molecule has 1 aliphatic heterocycles. The van der Waals surface area contributed by atoms with Gasteiger partial charge in [-0.15, -0.1) is 0 Å². The molecule has 0 spiro atoms. The topological polar surface area (TPSA) is 38.3 Å². The maximum atomic E-state index is 11.4. The molecule has 0 aromatic rings. The van der Waals surface area contributed by atoms with Crippen LogP contribution in [0.4, 0.5) is 0 Å². The quantitative estimate of drug-likeness (QED) is 0.753. The Balaban J connectivity index is 2.14. The first-order valence-corrected chi connectivity index (χ1v) is 5.40. The highest BCUT2D eigenvalue weighted by molar-refractivity contribution is 5.76. The predicted molar refractivity (Wildman–Crippen MR) is 56.1 cm³/mol. The standard InChI is InChI=1S/C11H21NO2/c1-11(2,3)12-10(13)7-6-9-5-4-8-14-9/h9H,4-8H2,1-3H3,(H,12,13). The van der Waals surface area contributed by atoms with Crippen molar-refractivity contribution in [3.8, 4) is 0 Å². The van der Waals surface area contributed by atoms with Crippen molar-refractivity contribution >= 4 is 5.91 Å². The minimum absolute atomic E-state index is 0.117. The van der Waals surface area contributed by atoms with Crippen LogP contribution < -0.4 is 5.32 Å². The Morgan fingerprint density at radius 3 is 2.71 bits per heavy atom. The lowest BCUT2D eigenvalue weighted by molar-refractivity contribution is -0.123. The Morgan fingerprint density at radius 1 is 1.50 bits per heavy atom. The predicted octanol–water partition coefficient (Wildman–Crippen LogP) is 1.86. The number of amides is 1. The summed E-state index contributed by atoms with van der Waals surface area (Å²) in [7, 11) is 0. The van der Waals surface area contributed by atoms with E-state index in [-0.39, 0.29) is 11.4 Å². The van der Waals surface area contributed by atoms with Gasteiger partial charge in [-0.3, -0.25) is 4.79 Å². The Kier molecular flexibility index (Phi) is 3.93. The first-order valence-electron chi connectivity index (χ1n) is 5.40. The highest BCUT2D eigenvalue weighted by Gasteiger charge is 2.18. The van der Waals surface area contributed by atoms with Gasteiger partial charge < -0.3 is 10.1 Å². The van der Waals surface area contributed by atoms with Gasteiger partial charge in [0.05, 0.1) is 6.10 Å². The van der Waals surface area contributed by atoms with Gasteiger partial charge in [-0.1, -0.05) is 0 Å². The van der Waals surface area contributed by atoms with E-state index in [9.17, 15) is 4.79 Å². The van der Waals surface area contributed by atoms with Gasteiger partial charge in [-0.05, 0) is 40.0 Å². The van der Waals surface area contributed by atoms with Crippen LogP contribution in [0.25, 0.3) is 0 Å². The van der Waals surface area contributed by atoms with Crippen LogP contribution in [0.5, 0.6) is 0 Å². The molecule has 1 unspecified atom stereocenters. The van der Waals surface area contributed by atoms with Crippen molar-refractivity contribution in [2.75, 3.05) is 6.61 Å². The molecule has 1 rings (SSSR count). The molecular formula is C11H21NO2. The zero-order valence-electron chi connectivity index (χ0n) is 9.43. The van der Waals surface area contributed by atoms with E-state index < -0.39 is 0 Å². The first-order chi connectivity index (χ1) is 6.47. The van der Waals surface area contributed by atoms with Crippen LogP contribution in [0.15, 0.2) is 0 Å². The van der Waals surface area contributed by atoms with Crippen LogP contribution in [0.2, 0.25) is 0 Å². The van der Waals surface area contributed by atoms with E-state index in [0.717, 1.165) is 25.9 Å². The fourth-order valence-corrected chi connectivity index (χ4v) is 1.64. The van der Waals surface area contributed by atoms with Crippen molar-refractivity contribution < 1.29 is 9.53 Å². The van der Waals surface area contributed by atoms with Crippen molar-refractivity contribution in [2.45, 2.75) is 58.1 Å². The summed E-state index contributed by atoms with van der Waals surface area (Å²) in [6.07, 6.45) is 4.03. The van der Waals surface area contributed by atoms with Gasteiger partial charge in [0.25, 0.3) is 0 Å². The highest BCUT2D eigenvalue weighted by atomic mass is 16.5. The van der Waals surface area contributed by atoms with Gasteiger partial charge in [0.1, 0.15) is 0 Å². The zero-order valence-corrected chi connectivity index (χ0v) is 9.43. The van der Waals surface area contributed by atoms with Crippen LogP contribution in [0.3, 0.4) is 0 Å². The summed E-state index contributed by atoms with van der Waals surface area (Å²) in [5.74, 6) is 0.132. The molecule has 3 heteroatoms. The Morgan fingerprint density at radius 2 is 2.21 bits per heavy atom. The number of ether oxygens (including phenoxy) is 1. The minimum Gasteiger partial charge on any atom is -0.378 e. The van der Waals surface area contributed by atoms with E-state index in [2.05, 4.69) is 5.32 Å². The summed E-state index contributed by atoms with van der Waals surface area (Å²) in [5.41, 5.74) is -0.117. The molecule has 0 aliphatic carbocycles. The second-order valence-corrected chi connectivity index (χ2v) is 4.97. The highest BCUT2D eigenvalue weighted by Crippen LogP contribution is 2.16. The van der Waals surface area contributed by atoms with Gasteiger partial charge in [0.2, 0.25) is 5.91 Å². The van der Waals surface area contributed by atoms with Gasteiger partial charge in [0.15, 0.2) is 0 Å². The maximum absolute atomic E-state index is 11.4. The molecule has 1 saturated heterocycles. The van der Waals surface area contributed by atoms with Crippen LogP contribution >= 0.6 is 0 Å². The van der Waals surface area contributed by atoms with Gasteiger partial charge in [0, 0.05) is 18.6 Å². The maximum Gasteiger partial charge on any atom is 0.220 e. The number of nitrogens with one attached hydrogen (secondary N) is 1. The summed E-state index contributed by atoms with van der Waals surface area (Å²) in [6.45, 7) is 6.86. The number of carbonyl (C=O) groups excluding carboxylic acids is 1. The van der Waals surface area contributed by atoms with Crippen LogP contribution in [-0.4, -0.2) is 24.2 Å². The molecule has 82 valence electrons. The van der Waals surface area contributed by atoms with E-state index in [1.165, 1.54) is 0 Å². The summed E-state index contributed by atoms with van der Waals surface area (Å²) < 4.78 is 5.45. The molecule has 14 heavy (non-hydrogen) atoms. The second kappa shape index (κ2) is 4.78. The molecule has 1 N–H and O–H groups in total. The lowest BCUT2D eigenvalue weighted by Crippen LogP contribution is -2.40. The zero-order chi connectivity index (χ0) is 10.6. The average molecular weight is 199 g/mol. The third-order valence-corrected chi connectivity index (χ3v) is 2.23. The van der Waals surface area contributed by atoms with E-state index in [4.69, 9.17) is 4.74 Å². The monoisotopic (exact) mass is 199 g/mol. The van der Waals surface area contributed by atoms with E-state index in [0.29, 0.717) is 12.5 Å². The lowest BCUT2D eigenvalue weighted by atomic mass is 10.1. The molecule has 1 aliphatic rings. The van der Waals surface area contributed by atoms with Crippen molar-refractivity contribution in [3.63, 3.8) is 0 Å². The summed E-state index contributed by atoms with van der Waals surface area (Å²) in [5, 5.41) is 2.95. The third-order valence-electron chi connectivity index (χ3n) is 2.23. The third kappa shape index (κ3) is 4.61. The fourth-order valence-electron chi connectivity index (χ4n) is 1.64. The van der Waals surface area contributed by atoms with E-state index in [1.807, 2.05) is 20.8 Å². The van der Waals surface area contributed by atoms with Crippen molar-refractivity contribution in [1.82, 2.24) is 5.32 Å². The van der Waals surface area contributed by atoms with Gasteiger partial charge in [-0.25, -0.2) is 0 Å². The number of rotatable bonds is 3. The molecule has 1 heterocycles. The van der Waals surface area contributed by atoms with Gasteiger partial charge in [-0.2, -0.15) is 0 Å². The molecule has 0 aromatic carbocycles. The molecule has 0 aromatic heterocycles. The Hall–Kier alpha value is -0.570. The fraction of sp³-hybridized carbons (Fsp3) is 0.909. The number of carbonyl (C=O) groups is 1. The normalized spacial score (nSPS) is 22.4. The molecular weight excluding hydrogens is 178 g/mol. The first kappa shape index (κ1) is 11.5. The molecule has 3 nitrogen and oxygen atoms in total.